The molecule has 0 amide bonds. The lowest BCUT2D eigenvalue weighted by atomic mass is 9.84. The van der Waals surface area contributed by atoms with Gasteiger partial charge in [0.1, 0.15) is 12.0 Å². The van der Waals surface area contributed by atoms with Gasteiger partial charge in [-0.2, -0.15) is 10.4 Å². The smallest absolute Gasteiger partial charge is 0.141 e. The maximum Gasteiger partial charge on any atom is 0.141 e. The number of hydrogen-bond donors (Lipinski definition) is 2. The van der Waals surface area contributed by atoms with Crippen molar-refractivity contribution in [3.8, 4) is 17.3 Å². The average Bonchev–Trinajstić information content (AvgIpc) is 3.32. The number of nitrogens with one attached hydrogen (secondary N) is 2. The molecule has 0 spiro atoms. The Morgan fingerprint density at radius 1 is 1.30 bits per heavy atom. The quantitative estimate of drug-likeness (QED) is 0.771. The van der Waals surface area contributed by atoms with Crippen LogP contribution in [0.25, 0.3) is 22.3 Å². The molecule has 1 atom stereocenters. The Bertz CT molecular complexity index is 849. The molecule has 0 aromatic carbocycles. The second kappa shape index (κ2) is 5.84. The van der Waals surface area contributed by atoms with Crippen molar-refractivity contribution < 1.29 is 0 Å². The van der Waals surface area contributed by atoms with Gasteiger partial charge in [-0.05, 0) is 24.8 Å². The molecule has 0 bridgehead atoms. The third-order valence-electron chi connectivity index (χ3n) is 4.91. The Hall–Kier alpha value is -2.68. The Morgan fingerprint density at radius 3 is 3.00 bits per heavy atom. The summed E-state index contributed by atoms with van der Waals surface area (Å²) in [6.45, 7) is 0. The number of hydrogen-bond acceptors (Lipinski definition) is 4. The molecule has 0 aliphatic heterocycles. The highest BCUT2D eigenvalue weighted by Crippen LogP contribution is 2.42. The second-order valence-corrected chi connectivity index (χ2v) is 6.16. The molecule has 6 heteroatoms. The molecule has 3 aromatic rings. The number of rotatable bonds is 4. The first-order valence-corrected chi connectivity index (χ1v) is 8.07. The summed E-state index contributed by atoms with van der Waals surface area (Å²) >= 11 is 0. The van der Waals surface area contributed by atoms with Gasteiger partial charge in [-0.3, -0.25) is 5.10 Å². The van der Waals surface area contributed by atoms with Gasteiger partial charge in [0.25, 0.3) is 0 Å². The molecule has 1 aliphatic carbocycles. The van der Waals surface area contributed by atoms with E-state index >= 15 is 0 Å². The zero-order valence-corrected chi connectivity index (χ0v) is 12.8. The van der Waals surface area contributed by atoms with E-state index in [1.165, 1.54) is 25.7 Å². The largest absolute Gasteiger partial charge is 0.346 e. The van der Waals surface area contributed by atoms with Crippen LogP contribution in [0.5, 0.6) is 0 Å². The summed E-state index contributed by atoms with van der Waals surface area (Å²) in [5.41, 5.74) is 3.66. The van der Waals surface area contributed by atoms with Gasteiger partial charge < -0.3 is 4.98 Å². The number of aromatic nitrogens is 5. The minimum Gasteiger partial charge on any atom is -0.346 e. The maximum atomic E-state index is 9.28. The molecule has 0 saturated heterocycles. The van der Waals surface area contributed by atoms with Crippen LogP contribution in [-0.4, -0.2) is 25.1 Å². The molecule has 3 aromatic heterocycles. The van der Waals surface area contributed by atoms with E-state index in [2.05, 4.69) is 31.2 Å². The number of aromatic amines is 2. The fourth-order valence-corrected chi connectivity index (χ4v) is 3.80. The van der Waals surface area contributed by atoms with Crippen LogP contribution in [-0.2, 0) is 0 Å². The van der Waals surface area contributed by atoms with Crippen molar-refractivity contribution in [3.05, 3.63) is 30.5 Å². The summed E-state index contributed by atoms with van der Waals surface area (Å²) in [4.78, 5) is 11.8. The van der Waals surface area contributed by atoms with Crippen LogP contribution in [0, 0.1) is 17.2 Å². The zero-order valence-electron chi connectivity index (χ0n) is 12.8. The standard InChI is InChI=1S/C17H18N6/c18-7-5-12(11-3-1-2-4-11)16-14(9-22-23-16)15-13-6-8-19-17(13)21-10-20-15/h6,8-12H,1-5H2,(H,22,23)(H,19,20,21)/t12-/m1/s1. The summed E-state index contributed by atoms with van der Waals surface area (Å²) in [6, 6.07) is 4.33. The molecule has 23 heavy (non-hydrogen) atoms. The van der Waals surface area contributed by atoms with E-state index in [0.717, 1.165) is 28.0 Å². The lowest BCUT2D eigenvalue weighted by molar-refractivity contribution is 0.431. The number of nitriles is 1. The summed E-state index contributed by atoms with van der Waals surface area (Å²) in [7, 11) is 0. The normalized spacial score (nSPS) is 16.7. The molecule has 0 unspecified atom stereocenters. The molecule has 4 rings (SSSR count). The third-order valence-corrected chi connectivity index (χ3v) is 4.91. The highest BCUT2D eigenvalue weighted by Gasteiger charge is 2.30. The molecule has 2 N–H and O–H groups in total. The van der Waals surface area contributed by atoms with Gasteiger partial charge in [-0.1, -0.05) is 12.8 Å². The number of nitrogens with zero attached hydrogens (tertiary/aromatic N) is 4. The van der Waals surface area contributed by atoms with Crippen LogP contribution in [0.4, 0.5) is 0 Å². The van der Waals surface area contributed by atoms with Crippen molar-refractivity contribution in [1.82, 2.24) is 25.1 Å². The summed E-state index contributed by atoms with van der Waals surface area (Å²) in [6.07, 6.45) is 10.7. The van der Waals surface area contributed by atoms with E-state index in [-0.39, 0.29) is 5.92 Å². The van der Waals surface area contributed by atoms with Gasteiger partial charge in [0, 0.05) is 35.7 Å². The predicted octanol–water partition coefficient (Wildman–Crippen LogP) is 3.54. The SMILES string of the molecule is N#CC[C@@H](c1n[nH]cc1-c1ncnc2[nH]ccc12)C1CCCC1. The van der Waals surface area contributed by atoms with E-state index in [1.54, 1.807) is 6.33 Å². The van der Waals surface area contributed by atoms with Crippen LogP contribution in [0.2, 0.25) is 0 Å². The van der Waals surface area contributed by atoms with Gasteiger partial charge >= 0.3 is 0 Å². The van der Waals surface area contributed by atoms with Crippen LogP contribution >= 0.6 is 0 Å². The van der Waals surface area contributed by atoms with Gasteiger partial charge in [0.15, 0.2) is 0 Å². The minimum atomic E-state index is 0.174. The minimum absolute atomic E-state index is 0.174. The van der Waals surface area contributed by atoms with Crippen molar-refractivity contribution in [1.29, 1.82) is 5.26 Å². The molecule has 1 aliphatic rings. The third kappa shape index (κ3) is 2.38. The highest BCUT2D eigenvalue weighted by atomic mass is 15.1. The maximum absolute atomic E-state index is 9.28. The van der Waals surface area contributed by atoms with E-state index in [9.17, 15) is 5.26 Å². The van der Waals surface area contributed by atoms with Crippen molar-refractivity contribution in [3.63, 3.8) is 0 Å². The molecule has 116 valence electrons. The fourth-order valence-electron chi connectivity index (χ4n) is 3.80. The van der Waals surface area contributed by atoms with E-state index in [4.69, 9.17) is 0 Å². The first kappa shape index (κ1) is 13.9. The molecule has 0 radical (unpaired) electrons. The monoisotopic (exact) mass is 306 g/mol. The fraction of sp³-hybridized carbons (Fsp3) is 0.412. The lowest BCUT2D eigenvalue weighted by Crippen LogP contribution is -2.11. The first-order chi connectivity index (χ1) is 11.4. The van der Waals surface area contributed by atoms with Gasteiger partial charge in [0.2, 0.25) is 0 Å². The van der Waals surface area contributed by atoms with Crippen LogP contribution in [0.15, 0.2) is 24.8 Å². The van der Waals surface area contributed by atoms with Crippen molar-refractivity contribution in [2.24, 2.45) is 5.92 Å². The number of fused-ring (bicyclic) bond motifs is 1. The summed E-state index contributed by atoms with van der Waals surface area (Å²) in [5.74, 6) is 0.716. The lowest BCUT2D eigenvalue weighted by Gasteiger charge is -2.20. The number of H-pyrrole nitrogens is 2. The van der Waals surface area contributed by atoms with Crippen molar-refractivity contribution in [2.75, 3.05) is 0 Å². The van der Waals surface area contributed by atoms with E-state index in [0.29, 0.717) is 12.3 Å². The zero-order chi connectivity index (χ0) is 15.6. The summed E-state index contributed by atoms with van der Waals surface area (Å²) in [5, 5.41) is 17.7. The molecular weight excluding hydrogens is 288 g/mol. The Morgan fingerprint density at radius 2 is 2.17 bits per heavy atom. The molecule has 1 saturated carbocycles. The molecular formula is C17H18N6. The highest BCUT2D eigenvalue weighted by molar-refractivity contribution is 5.90. The first-order valence-electron chi connectivity index (χ1n) is 8.07. The molecule has 6 nitrogen and oxygen atoms in total. The van der Waals surface area contributed by atoms with Crippen LogP contribution in [0.1, 0.15) is 43.7 Å². The van der Waals surface area contributed by atoms with Crippen molar-refractivity contribution in [2.45, 2.75) is 38.0 Å². The Kier molecular flexibility index (Phi) is 3.54. The topological polar surface area (TPSA) is 94.0 Å². The van der Waals surface area contributed by atoms with Crippen LogP contribution < -0.4 is 0 Å². The van der Waals surface area contributed by atoms with E-state index in [1.807, 2.05) is 18.5 Å². The van der Waals surface area contributed by atoms with Gasteiger partial charge in [0.05, 0.1) is 17.5 Å². The Labute approximate surface area is 134 Å². The van der Waals surface area contributed by atoms with Gasteiger partial charge in [-0.25, -0.2) is 9.97 Å². The van der Waals surface area contributed by atoms with E-state index < -0.39 is 0 Å². The molecule has 3 heterocycles. The molecule has 1 fully saturated rings. The average molecular weight is 306 g/mol. The van der Waals surface area contributed by atoms with Crippen LogP contribution in [0.3, 0.4) is 0 Å². The van der Waals surface area contributed by atoms with Gasteiger partial charge in [-0.15, -0.1) is 0 Å². The Balaban J connectivity index is 1.81. The van der Waals surface area contributed by atoms with Crippen molar-refractivity contribution >= 4 is 11.0 Å². The second-order valence-electron chi connectivity index (χ2n) is 6.16. The predicted molar refractivity (Wildman–Crippen MR) is 86.4 cm³/mol. The summed E-state index contributed by atoms with van der Waals surface area (Å²) < 4.78 is 0.